The standard InChI is InChI=1S/C23H27NO6/c1-2-28-11-12-29-21(24)13-19(22(25)26)23(27)30-14-20-17-9-5-3-7-15(17)16-8-4-6-10-18(16)20/h3-10,19-21H,2,11-14,24H2,1H3,(H,25,26). The number of carbonyl (C=O) groups is 2. The molecule has 1 aliphatic rings. The van der Waals surface area contributed by atoms with Crippen molar-refractivity contribution in [1.82, 2.24) is 0 Å². The van der Waals surface area contributed by atoms with Crippen LogP contribution in [-0.4, -0.2) is 49.7 Å². The van der Waals surface area contributed by atoms with Gasteiger partial charge in [-0.3, -0.25) is 9.59 Å². The summed E-state index contributed by atoms with van der Waals surface area (Å²) in [5.74, 6) is -3.62. The van der Waals surface area contributed by atoms with Crippen LogP contribution < -0.4 is 5.73 Å². The van der Waals surface area contributed by atoms with Gasteiger partial charge in [-0.2, -0.15) is 0 Å². The molecule has 2 unspecified atom stereocenters. The number of fused-ring (bicyclic) bond motifs is 3. The fraction of sp³-hybridized carbons (Fsp3) is 0.391. The molecule has 0 bridgehead atoms. The lowest BCUT2D eigenvalue weighted by atomic mass is 9.98. The van der Waals surface area contributed by atoms with Crippen LogP contribution in [0.15, 0.2) is 48.5 Å². The van der Waals surface area contributed by atoms with E-state index in [9.17, 15) is 14.7 Å². The molecular weight excluding hydrogens is 386 g/mol. The summed E-state index contributed by atoms with van der Waals surface area (Å²) in [5.41, 5.74) is 10.2. The Kier molecular flexibility index (Phi) is 7.57. The third kappa shape index (κ3) is 5.05. The van der Waals surface area contributed by atoms with Crippen molar-refractivity contribution in [3.05, 3.63) is 59.7 Å². The number of ether oxygens (including phenoxy) is 3. The molecule has 3 rings (SSSR count). The molecule has 2 atom stereocenters. The van der Waals surface area contributed by atoms with Gasteiger partial charge in [0.2, 0.25) is 0 Å². The monoisotopic (exact) mass is 413 g/mol. The van der Waals surface area contributed by atoms with E-state index in [0.29, 0.717) is 13.2 Å². The summed E-state index contributed by atoms with van der Waals surface area (Å²) in [7, 11) is 0. The molecule has 0 saturated heterocycles. The third-order valence-electron chi connectivity index (χ3n) is 5.17. The lowest BCUT2D eigenvalue weighted by Crippen LogP contribution is -2.35. The van der Waals surface area contributed by atoms with E-state index in [1.54, 1.807) is 0 Å². The minimum absolute atomic E-state index is 0.0665. The topological polar surface area (TPSA) is 108 Å². The minimum Gasteiger partial charge on any atom is -0.481 e. The van der Waals surface area contributed by atoms with Gasteiger partial charge in [0.05, 0.1) is 13.2 Å². The van der Waals surface area contributed by atoms with Gasteiger partial charge < -0.3 is 25.1 Å². The molecule has 0 aliphatic heterocycles. The first kappa shape index (κ1) is 22.0. The maximum absolute atomic E-state index is 12.5. The number of hydrogen-bond donors (Lipinski definition) is 2. The maximum Gasteiger partial charge on any atom is 0.320 e. The molecule has 0 aromatic heterocycles. The number of esters is 1. The van der Waals surface area contributed by atoms with Crippen LogP contribution >= 0.6 is 0 Å². The molecule has 1 aliphatic carbocycles. The Labute approximate surface area is 175 Å². The van der Waals surface area contributed by atoms with E-state index in [-0.39, 0.29) is 25.6 Å². The largest absolute Gasteiger partial charge is 0.481 e. The van der Waals surface area contributed by atoms with Gasteiger partial charge in [-0.25, -0.2) is 0 Å². The minimum atomic E-state index is -1.39. The molecule has 0 radical (unpaired) electrons. The van der Waals surface area contributed by atoms with Crippen molar-refractivity contribution in [2.45, 2.75) is 25.5 Å². The van der Waals surface area contributed by atoms with Crippen LogP contribution in [0.2, 0.25) is 0 Å². The average Bonchev–Trinajstić information content (AvgIpc) is 3.07. The first-order chi connectivity index (χ1) is 14.5. The molecule has 3 N–H and O–H groups in total. The van der Waals surface area contributed by atoms with Crippen molar-refractivity contribution in [3.63, 3.8) is 0 Å². The molecule has 2 aromatic rings. The van der Waals surface area contributed by atoms with Gasteiger partial charge in [-0.15, -0.1) is 0 Å². The summed E-state index contributed by atoms with van der Waals surface area (Å²) in [6.45, 7) is 3.06. The number of carboxylic acid groups (broad SMARTS) is 1. The molecule has 0 spiro atoms. The molecular formula is C23H27NO6. The van der Waals surface area contributed by atoms with Crippen molar-refractivity contribution >= 4 is 11.9 Å². The first-order valence-corrected chi connectivity index (χ1v) is 10.1. The Morgan fingerprint density at radius 1 is 1.03 bits per heavy atom. The summed E-state index contributed by atoms with van der Waals surface area (Å²) < 4.78 is 15.9. The quantitative estimate of drug-likeness (QED) is 0.252. The normalized spacial score (nSPS) is 14.6. The smallest absolute Gasteiger partial charge is 0.320 e. The summed E-state index contributed by atoms with van der Waals surface area (Å²) in [6.07, 6.45) is -1.06. The molecule has 30 heavy (non-hydrogen) atoms. The number of rotatable bonds is 11. The van der Waals surface area contributed by atoms with Crippen LogP contribution in [0, 0.1) is 5.92 Å². The fourth-order valence-electron chi connectivity index (χ4n) is 3.71. The highest BCUT2D eigenvalue weighted by molar-refractivity contribution is 5.94. The maximum atomic E-state index is 12.5. The Bertz CT molecular complexity index is 838. The van der Waals surface area contributed by atoms with E-state index in [0.717, 1.165) is 22.3 Å². The number of aliphatic carboxylic acids is 1. The average molecular weight is 413 g/mol. The van der Waals surface area contributed by atoms with Gasteiger partial charge in [0.1, 0.15) is 12.8 Å². The third-order valence-corrected chi connectivity index (χ3v) is 5.17. The van der Waals surface area contributed by atoms with Crippen molar-refractivity contribution in [3.8, 4) is 11.1 Å². The van der Waals surface area contributed by atoms with Gasteiger partial charge in [-0.05, 0) is 29.2 Å². The zero-order valence-electron chi connectivity index (χ0n) is 17.0. The second kappa shape index (κ2) is 10.3. The van der Waals surface area contributed by atoms with Crippen LogP contribution in [0.1, 0.15) is 30.4 Å². The van der Waals surface area contributed by atoms with Crippen molar-refractivity contribution in [2.75, 3.05) is 26.4 Å². The van der Waals surface area contributed by atoms with Crippen LogP contribution in [0.3, 0.4) is 0 Å². The summed E-state index contributed by atoms with van der Waals surface area (Å²) in [6, 6.07) is 15.9. The highest BCUT2D eigenvalue weighted by Gasteiger charge is 2.33. The van der Waals surface area contributed by atoms with E-state index in [2.05, 4.69) is 0 Å². The molecule has 7 nitrogen and oxygen atoms in total. The molecule has 0 amide bonds. The van der Waals surface area contributed by atoms with Crippen LogP contribution in [0.4, 0.5) is 0 Å². The lowest BCUT2D eigenvalue weighted by molar-refractivity contribution is -0.161. The summed E-state index contributed by atoms with van der Waals surface area (Å²) in [5, 5.41) is 9.47. The van der Waals surface area contributed by atoms with Crippen LogP contribution in [-0.2, 0) is 23.8 Å². The molecule has 160 valence electrons. The molecule has 0 heterocycles. The molecule has 2 aromatic carbocycles. The zero-order valence-corrected chi connectivity index (χ0v) is 17.0. The lowest BCUT2D eigenvalue weighted by Gasteiger charge is -2.19. The van der Waals surface area contributed by atoms with Gasteiger partial charge in [0.25, 0.3) is 0 Å². The van der Waals surface area contributed by atoms with Crippen molar-refractivity contribution < 1.29 is 28.9 Å². The van der Waals surface area contributed by atoms with Crippen LogP contribution in [0.5, 0.6) is 0 Å². The second-order valence-electron chi connectivity index (χ2n) is 7.09. The number of hydrogen-bond acceptors (Lipinski definition) is 6. The van der Waals surface area contributed by atoms with E-state index in [1.807, 2.05) is 55.5 Å². The first-order valence-electron chi connectivity index (χ1n) is 10.1. The van der Waals surface area contributed by atoms with E-state index >= 15 is 0 Å². The SMILES string of the molecule is CCOCCOC(N)CC(C(=O)O)C(=O)OCC1c2ccccc2-c2ccccc21. The highest BCUT2D eigenvalue weighted by atomic mass is 16.5. The Morgan fingerprint density at radius 2 is 1.63 bits per heavy atom. The Hall–Kier alpha value is -2.74. The number of carboxylic acids is 1. The molecule has 7 heteroatoms. The van der Waals surface area contributed by atoms with E-state index in [1.165, 1.54) is 0 Å². The van der Waals surface area contributed by atoms with E-state index in [4.69, 9.17) is 19.9 Å². The van der Waals surface area contributed by atoms with Gasteiger partial charge in [0.15, 0.2) is 5.92 Å². The predicted octanol–water partition coefficient (Wildman–Crippen LogP) is 2.77. The summed E-state index contributed by atoms with van der Waals surface area (Å²) >= 11 is 0. The second-order valence-corrected chi connectivity index (χ2v) is 7.09. The van der Waals surface area contributed by atoms with Gasteiger partial charge in [-0.1, -0.05) is 48.5 Å². The number of benzene rings is 2. The van der Waals surface area contributed by atoms with Crippen LogP contribution in [0.25, 0.3) is 11.1 Å². The highest BCUT2D eigenvalue weighted by Crippen LogP contribution is 2.44. The molecule has 0 fully saturated rings. The van der Waals surface area contributed by atoms with Crippen molar-refractivity contribution in [2.24, 2.45) is 11.7 Å². The fourth-order valence-corrected chi connectivity index (χ4v) is 3.71. The number of nitrogens with two attached hydrogens (primary N) is 1. The van der Waals surface area contributed by atoms with Gasteiger partial charge >= 0.3 is 11.9 Å². The number of carbonyl (C=O) groups excluding carboxylic acids is 1. The molecule has 0 saturated carbocycles. The summed E-state index contributed by atoms with van der Waals surface area (Å²) in [4.78, 5) is 24.1. The predicted molar refractivity (Wildman–Crippen MR) is 111 cm³/mol. The van der Waals surface area contributed by atoms with Gasteiger partial charge in [0, 0.05) is 18.9 Å². The van der Waals surface area contributed by atoms with Crippen molar-refractivity contribution in [1.29, 1.82) is 0 Å². The Morgan fingerprint density at radius 3 is 2.20 bits per heavy atom. The van der Waals surface area contributed by atoms with E-state index < -0.39 is 24.1 Å². The Balaban J connectivity index is 1.63. The zero-order chi connectivity index (χ0) is 21.5.